The molecule has 0 aromatic heterocycles. The van der Waals surface area contributed by atoms with Crippen LogP contribution in [0.1, 0.15) is 31.2 Å². The normalized spacial score (nSPS) is 18.1. The molecule has 0 spiro atoms. The SMILES string of the molecule is CC(CC(=O)NCCCN1CCN(C)CC1)c1ccccc1. The summed E-state index contributed by atoms with van der Waals surface area (Å²) >= 11 is 0. The molecule has 1 unspecified atom stereocenters. The molecule has 1 aromatic rings. The molecule has 2 rings (SSSR count). The predicted octanol–water partition coefficient (Wildman–Crippen LogP) is 1.93. The highest BCUT2D eigenvalue weighted by Crippen LogP contribution is 2.17. The molecule has 0 aliphatic carbocycles. The number of hydrogen-bond acceptors (Lipinski definition) is 3. The van der Waals surface area contributed by atoms with Gasteiger partial charge in [0.15, 0.2) is 0 Å². The van der Waals surface area contributed by atoms with E-state index in [0.29, 0.717) is 6.42 Å². The number of benzene rings is 1. The van der Waals surface area contributed by atoms with E-state index >= 15 is 0 Å². The second kappa shape index (κ2) is 8.91. The number of likely N-dealkylation sites (N-methyl/N-ethyl adjacent to an activating group) is 1. The van der Waals surface area contributed by atoms with Crippen LogP contribution in [0.4, 0.5) is 0 Å². The highest BCUT2D eigenvalue weighted by atomic mass is 16.1. The molecule has 1 atom stereocenters. The van der Waals surface area contributed by atoms with Gasteiger partial charge in [-0.3, -0.25) is 4.79 Å². The van der Waals surface area contributed by atoms with E-state index < -0.39 is 0 Å². The molecule has 1 saturated heterocycles. The first-order valence-electron chi connectivity index (χ1n) is 8.37. The molecule has 22 heavy (non-hydrogen) atoms. The molecule has 0 radical (unpaired) electrons. The van der Waals surface area contributed by atoms with Crippen molar-refractivity contribution in [3.8, 4) is 0 Å². The van der Waals surface area contributed by atoms with Crippen molar-refractivity contribution >= 4 is 5.91 Å². The minimum Gasteiger partial charge on any atom is -0.356 e. The van der Waals surface area contributed by atoms with Crippen molar-refractivity contribution in [3.05, 3.63) is 35.9 Å². The van der Waals surface area contributed by atoms with Crippen molar-refractivity contribution in [2.75, 3.05) is 46.3 Å². The van der Waals surface area contributed by atoms with E-state index in [9.17, 15) is 4.79 Å². The van der Waals surface area contributed by atoms with E-state index in [0.717, 1.165) is 45.7 Å². The maximum Gasteiger partial charge on any atom is 0.220 e. The molecule has 1 aliphatic rings. The van der Waals surface area contributed by atoms with Crippen molar-refractivity contribution in [2.24, 2.45) is 0 Å². The van der Waals surface area contributed by atoms with Crippen molar-refractivity contribution in [1.29, 1.82) is 0 Å². The Morgan fingerprint density at radius 3 is 2.55 bits per heavy atom. The lowest BCUT2D eigenvalue weighted by Gasteiger charge is -2.32. The molecule has 0 saturated carbocycles. The molecule has 1 aromatic carbocycles. The lowest BCUT2D eigenvalue weighted by Crippen LogP contribution is -2.45. The Balaban J connectivity index is 1.58. The Bertz CT molecular complexity index is 441. The fourth-order valence-electron chi connectivity index (χ4n) is 2.85. The average Bonchev–Trinajstić information content (AvgIpc) is 2.54. The van der Waals surface area contributed by atoms with Crippen LogP contribution in [-0.2, 0) is 4.79 Å². The number of nitrogens with zero attached hydrogens (tertiary/aromatic N) is 2. The minimum atomic E-state index is 0.162. The predicted molar refractivity (Wildman–Crippen MR) is 91.0 cm³/mol. The Morgan fingerprint density at radius 2 is 1.86 bits per heavy atom. The highest BCUT2D eigenvalue weighted by Gasteiger charge is 2.13. The first-order valence-corrected chi connectivity index (χ1v) is 8.37. The monoisotopic (exact) mass is 303 g/mol. The second-order valence-corrected chi connectivity index (χ2v) is 6.36. The Labute approximate surface area is 134 Å². The van der Waals surface area contributed by atoms with Gasteiger partial charge in [0.1, 0.15) is 0 Å². The van der Waals surface area contributed by atoms with E-state index in [4.69, 9.17) is 0 Å². The van der Waals surface area contributed by atoms with Crippen LogP contribution >= 0.6 is 0 Å². The Morgan fingerprint density at radius 1 is 1.18 bits per heavy atom. The van der Waals surface area contributed by atoms with Crippen molar-refractivity contribution in [3.63, 3.8) is 0 Å². The van der Waals surface area contributed by atoms with Gasteiger partial charge in [-0.2, -0.15) is 0 Å². The summed E-state index contributed by atoms with van der Waals surface area (Å²) in [5, 5.41) is 3.06. The van der Waals surface area contributed by atoms with Crippen molar-refractivity contribution in [1.82, 2.24) is 15.1 Å². The molecule has 1 heterocycles. The first-order chi connectivity index (χ1) is 10.6. The summed E-state index contributed by atoms with van der Waals surface area (Å²) in [6.07, 6.45) is 1.60. The summed E-state index contributed by atoms with van der Waals surface area (Å²) in [6.45, 7) is 8.58. The van der Waals surface area contributed by atoms with Gasteiger partial charge in [-0.1, -0.05) is 37.3 Å². The molecular weight excluding hydrogens is 274 g/mol. The van der Waals surface area contributed by atoms with Crippen molar-refractivity contribution in [2.45, 2.75) is 25.7 Å². The lowest BCUT2D eigenvalue weighted by atomic mass is 9.97. The van der Waals surface area contributed by atoms with Crippen LogP contribution in [0.2, 0.25) is 0 Å². The number of rotatable bonds is 7. The topological polar surface area (TPSA) is 35.6 Å². The largest absolute Gasteiger partial charge is 0.356 e. The van der Waals surface area contributed by atoms with Gasteiger partial charge in [-0.25, -0.2) is 0 Å². The maximum absolute atomic E-state index is 12.0. The van der Waals surface area contributed by atoms with Gasteiger partial charge >= 0.3 is 0 Å². The maximum atomic E-state index is 12.0. The number of carbonyl (C=O) groups is 1. The van der Waals surface area contributed by atoms with Crippen LogP contribution in [-0.4, -0.2) is 62.0 Å². The minimum absolute atomic E-state index is 0.162. The second-order valence-electron chi connectivity index (χ2n) is 6.36. The van der Waals surface area contributed by atoms with Gasteiger partial charge < -0.3 is 15.1 Å². The number of piperazine rings is 1. The van der Waals surface area contributed by atoms with E-state index in [1.54, 1.807) is 0 Å². The molecular formula is C18H29N3O. The molecule has 1 aliphatic heterocycles. The lowest BCUT2D eigenvalue weighted by molar-refractivity contribution is -0.121. The fraction of sp³-hybridized carbons (Fsp3) is 0.611. The van der Waals surface area contributed by atoms with Gasteiger partial charge in [-0.15, -0.1) is 0 Å². The zero-order valence-electron chi connectivity index (χ0n) is 13.9. The van der Waals surface area contributed by atoms with E-state index in [-0.39, 0.29) is 11.8 Å². The van der Waals surface area contributed by atoms with Gasteiger partial charge in [-0.05, 0) is 31.5 Å². The van der Waals surface area contributed by atoms with Crippen molar-refractivity contribution < 1.29 is 4.79 Å². The summed E-state index contributed by atoms with van der Waals surface area (Å²) in [4.78, 5) is 16.8. The first kappa shape index (κ1) is 17.0. The smallest absolute Gasteiger partial charge is 0.220 e. The summed E-state index contributed by atoms with van der Waals surface area (Å²) in [6, 6.07) is 10.2. The Hall–Kier alpha value is -1.39. The number of amides is 1. The highest BCUT2D eigenvalue weighted by molar-refractivity contribution is 5.76. The van der Waals surface area contributed by atoms with Gasteiger partial charge in [0.25, 0.3) is 0 Å². The van der Waals surface area contributed by atoms with Gasteiger partial charge in [0, 0.05) is 39.1 Å². The molecule has 0 bridgehead atoms. The van der Waals surface area contributed by atoms with Crippen LogP contribution in [0.5, 0.6) is 0 Å². The van der Waals surface area contributed by atoms with Crippen LogP contribution < -0.4 is 5.32 Å². The fourth-order valence-corrected chi connectivity index (χ4v) is 2.85. The molecule has 1 amide bonds. The third kappa shape index (κ3) is 5.78. The third-order valence-corrected chi connectivity index (χ3v) is 4.43. The quantitative estimate of drug-likeness (QED) is 0.782. The van der Waals surface area contributed by atoms with Gasteiger partial charge in [0.05, 0.1) is 0 Å². The zero-order chi connectivity index (χ0) is 15.8. The summed E-state index contributed by atoms with van der Waals surface area (Å²) in [5.41, 5.74) is 1.23. The van der Waals surface area contributed by atoms with Crippen LogP contribution in [0, 0.1) is 0 Å². The third-order valence-electron chi connectivity index (χ3n) is 4.43. The average molecular weight is 303 g/mol. The van der Waals surface area contributed by atoms with E-state index in [2.05, 4.69) is 41.2 Å². The molecule has 4 heteroatoms. The summed E-state index contributed by atoms with van der Waals surface area (Å²) in [7, 11) is 2.17. The standard InChI is InChI=1S/C18H29N3O/c1-16(17-7-4-3-5-8-17)15-18(22)19-9-6-10-21-13-11-20(2)12-14-21/h3-5,7-8,16H,6,9-15H2,1-2H3,(H,19,22). The molecule has 122 valence electrons. The molecule has 1 N–H and O–H groups in total. The van der Waals surface area contributed by atoms with E-state index in [1.165, 1.54) is 5.56 Å². The van der Waals surface area contributed by atoms with Crippen LogP contribution in [0.15, 0.2) is 30.3 Å². The number of nitrogens with one attached hydrogen (secondary N) is 1. The summed E-state index contributed by atoms with van der Waals surface area (Å²) < 4.78 is 0. The van der Waals surface area contributed by atoms with Crippen LogP contribution in [0.25, 0.3) is 0 Å². The summed E-state index contributed by atoms with van der Waals surface area (Å²) in [5.74, 6) is 0.438. The van der Waals surface area contributed by atoms with Crippen LogP contribution in [0.3, 0.4) is 0 Å². The number of carbonyl (C=O) groups excluding carboxylic acids is 1. The van der Waals surface area contributed by atoms with Gasteiger partial charge in [0.2, 0.25) is 5.91 Å². The number of hydrogen-bond donors (Lipinski definition) is 1. The zero-order valence-corrected chi connectivity index (χ0v) is 13.9. The van der Waals surface area contributed by atoms with E-state index in [1.807, 2.05) is 18.2 Å². The molecule has 4 nitrogen and oxygen atoms in total. The Kier molecular flexibility index (Phi) is 6.87. The molecule has 1 fully saturated rings.